The fourth-order valence-corrected chi connectivity index (χ4v) is 2.65. The molecule has 3 aromatic rings. The smallest absolute Gasteiger partial charge is 0.304 e. The number of nitrogens with zero attached hydrogens (tertiary/aromatic N) is 4. The number of carbonyl (C=O) groups excluding carboxylic acids is 1. The van der Waals surface area contributed by atoms with Gasteiger partial charge in [-0.3, -0.25) is 14.0 Å². The molecular weight excluding hydrogens is 345 g/mol. The molecule has 0 saturated carbocycles. The molecule has 9 heteroatoms. The first-order valence-electron chi connectivity index (χ1n) is 7.39. The zero-order chi connectivity index (χ0) is 18.1. The maximum atomic E-state index is 13.2. The summed E-state index contributed by atoms with van der Waals surface area (Å²) in [7, 11) is 3.26. The molecule has 0 aliphatic rings. The van der Waals surface area contributed by atoms with Crippen LogP contribution in [0.1, 0.15) is 16.2 Å². The first-order valence-corrected chi connectivity index (χ1v) is 7.80. The number of halogens is 1. The molecule has 0 aliphatic heterocycles. The quantitative estimate of drug-likeness (QED) is 0.573. The minimum atomic E-state index is -0.417. The number of benzene rings is 1. The van der Waals surface area contributed by atoms with Crippen molar-refractivity contribution in [3.8, 4) is 11.4 Å². The molecular formula is C16H16FN5O2S. The van der Waals surface area contributed by atoms with E-state index in [0.29, 0.717) is 21.9 Å². The fourth-order valence-electron chi connectivity index (χ4n) is 2.39. The highest BCUT2D eigenvalue weighted by Crippen LogP contribution is 2.19. The molecule has 0 unspecified atom stereocenters. The van der Waals surface area contributed by atoms with Gasteiger partial charge in [-0.1, -0.05) is 0 Å². The van der Waals surface area contributed by atoms with Crippen molar-refractivity contribution in [2.75, 3.05) is 7.05 Å². The Bertz CT molecular complexity index is 973. The van der Waals surface area contributed by atoms with E-state index < -0.39 is 5.91 Å². The molecule has 0 bridgehead atoms. The normalized spacial score (nSPS) is 10.7. The number of amides is 1. The van der Waals surface area contributed by atoms with E-state index in [-0.39, 0.29) is 11.5 Å². The monoisotopic (exact) mass is 361 g/mol. The van der Waals surface area contributed by atoms with Crippen LogP contribution in [0.2, 0.25) is 0 Å². The number of hydrogen-bond acceptors (Lipinski definition) is 4. The highest BCUT2D eigenvalue weighted by molar-refractivity contribution is 7.71. The van der Waals surface area contributed by atoms with Crippen LogP contribution in [-0.4, -0.2) is 37.3 Å². The third-order valence-electron chi connectivity index (χ3n) is 3.57. The van der Waals surface area contributed by atoms with Crippen molar-refractivity contribution in [3.63, 3.8) is 0 Å². The average molecular weight is 361 g/mol. The zero-order valence-electron chi connectivity index (χ0n) is 13.9. The fraction of sp³-hybridized carbons (Fsp3) is 0.188. The van der Waals surface area contributed by atoms with E-state index in [4.69, 9.17) is 17.1 Å². The Morgan fingerprint density at radius 1 is 1.36 bits per heavy atom. The number of aromatic nitrogens is 4. The van der Waals surface area contributed by atoms with E-state index in [2.05, 4.69) is 10.1 Å². The van der Waals surface area contributed by atoms with Crippen LogP contribution in [0.25, 0.3) is 5.69 Å². The number of aryl methyl sites for hydroxylation is 2. The van der Waals surface area contributed by atoms with Crippen molar-refractivity contribution in [1.29, 1.82) is 0 Å². The van der Waals surface area contributed by atoms with E-state index >= 15 is 0 Å². The third kappa shape index (κ3) is 3.31. The Hall–Kier alpha value is -2.94. The van der Waals surface area contributed by atoms with Gasteiger partial charge in [-0.2, -0.15) is 10.2 Å². The summed E-state index contributed by atoms with van der Waals surface area (Å²) in [6, 6.07) is 5.69. The van der Waals surface area contributed by atoms with Gasteiger partial charge in [0.2, 0.25) is 0 Å². The lowest BCUT2D eigenvalue weighted by atomic mass is 10.3. The van der Waals surface area contributed by atoms with Crippen molar-refractivity contribution in [3.05, 3.63) is 58.6 Å². The first-order chi connectivity index (χ1) is 11.9. The van der Waals surface area contributed by atoms with Gasteiger partial charge in [0.05, 0.1) is 6.20 Å². The molecule has 0 saturated heterocycles. The number of hydroxylamine groups is 2. The Morgan fingerprint density at radius 2 is 2.04 bits per heavy atom. The molecule has 2 heterocycles. The van der Waals surface area contributed by atoms with E-state index in [1.165, 1.54) is 29.9 Å². The van der Waals surface area contributed by atoms with E-state index in [0.717, 1.165) is 5.06 Å². The molecule has 0 radical (unpaired) electrons. The number of imidazole rings is 1. The van der Waals surface area contributed by atoms with Crippen molar-refractivity contribution in [1.82, 2.24) is 24.4 Å². The number of hydrogen-bond donors (Lipinski definition) is 1. The molecule has 2 aromatic heterocycles. The summed E-state index contributed by atoms with van der Waals surface area (Å²) in [5, 5.41) is 5.26. The molecule has 7 nitrogen and oxygen atoms in total. The van der Waals surface area contributed by atoms with Gasteiger partial charge >= 0.3 is 5.91 Å². The van der Waals surface area contributed by atoms with E-state index in [9.17, 15) is 9.18 Å². The summed E-state index contributed by atoms with van der Waals surface area (Å²) in [5.41, 5.74) is 1.49. The summed E-state index contributed by atoms with van der Waals surface area (Å²) in [5.74, 6) is -0.313. The summed E-state index contributed by atoms with van der Waals surface area (Å²) in [4.78, 5) is 21.2. The lowest BCUT2D eigenvalue weighted by Crippen LogP contribution is -2.31. The van der Waals surface area contributed by atoms with Gasteiger partial charge in [0.1, 0.15) is 17.2 Å². The Labute approximate surface area is 148 Å². The minimum absolute atomic E-state index is 0.264. The van der Waals surface area contributed by atoms with Gasteiger partial charge in [-0.25, -0.2) is 4.39 Å². The predicted octanol–water partition coefficient (Wildman–Crippen LogP) is 2.78. The van der Waals surface area contributed by atoms with Crippen LogP contribution in [0.5, 0.6) is 5.75 Å². The van der Waals surface area contributed by atoms with Gasteiger partial charge in [0.25, 0.3) is 0 Å². The van der Waals surface area contributed by atoms with Crippen molar-refractivity contribution in [2.45, 2.75) is 6.92 Å². The van der Waals surface area contributed by atoms with E-state index in [1.54, 1.807) is 37.0 Å². The molecule has 130 valence electrons. The highest BCUT2D eigenvalue weighted by atomic mass is 32.1. The highest BCUT2D eigenvalue weighted by Gasteiger charge is 2.21. The molecule has 25 heavy (non-hydrogen) atoms. The lowest BCUT2D eigenvalue weighted by molar-refractivity contribution is -0.0150. The molecule has 1 N–H and O–H groups in total. The van der Waals surface area contributed by atoms with Crippen LogP contribution in [0.4, 0.5) is 4.39 Å². The Kier molecular flexibility index (Phi) is 4.41. The van der Waals surface area contributed by atoms with E-state index in [1.807, 2.05) is 0 Å². The molecule has 3 rings (SSSR count). The topological polar surface area (TPSA) is 68.1 Å². The predicted molar refractivity (Wildman–Crippen MR) is 91.6 cm³/mol. The number of nitrogens with one attached hydrogen (secondary N) is 1. The number of carbonyl (C=O) groups is 1. The third-order valence-corrected chi connectivity index (χ3v) is 3.87. The van der Waals surface area contributed by atoms with Gasteiger partial charge in [0.15, 0.2) is 10.5 Å². The average Bonchev–Trinajstić information content (AvgIpc) is 3.10. The Balaban J connectivity index is 1.91. The van der Waals surface area contributed by atoms with Crippen LogP contribution >= 0.6 is 12.2 Å². The van der Waals surface area contributed by atoms with Crippen LogP contribution in [0, 0.1) is 17.5 Å². The largest absolute Gasteiger partial charge is 0.373 e. The minimum Gasteiger partial charge on any atom is -0.373 e. The molecule has 1 aromatic carbocycles. The summed E-state index contributed by atoms with van der Waals surface area (Å²) in [6.07, 6.45) is 3.16. The van der Waals surface area contributed by atoms with Gasteiger partial charge < -0.3 is 9.82 Å². The number of aromatic amines is 1. The summed E-state index contributed by atoms with van der Waals surface area (Å²) in [6.45, 7) is 1.78. The van der Waals surface area contributed by atoms with Crippen molar-refractivity contribution in [2.24, 2.45) is 7.05 Å². The zero-order valence-corrected chi connectivity index (χ0v) is 14.7. The maximum absolute atomic E-state index is 13.2. The second-order valence-corrected chi connectivity index (χ2v) is 5.82. The first kappa shape index (κ1) is 16.9. The molecule has 1 amide bonds. The van der Waals surface area contributed by atoms with Crippen LogP contribution in [0.15, 0.2) is 36.7 Å². The van der Waals surface area contributed by atoms with Crippen LogP contribution in [0.3, 0.4) is 0 Å². The second-order valence-electron chi connectivity index (χ2n) is 5.44. The van der Waals surface area contributed by atoms with Crippen molar-refractivity contribution >= 4 is 18.1 Å². The van der Waals surface area contributed by atoms with Gasteiger partial charge in [-0.05, 0) is 43.4 Å². The number of H-pyrrole nitrogens is 1. The Morgan fingerprint density at radius 3 is 2.64 bits per heavy atom. The summed E-state index contributed by atoms with van der Waals surface area (Å²) < 4.78 is 16.6. The molecule has 0 aliphatic carbocycles. The molecule has 0 spiro atoms. The molecule has 0 fully saturated rings. The number of rotatable bonds is 4. The van der Waals surface area contributed by atoms with Crippen molar-refractivity contribution < 1.29 is 14.0 Å². The van der Waals surface area contributed by atoms with Gasteiger partial charge in [0, 0.05) is 26.0 Å². The summed E-state index contributed by atoms with van der Waals surface area (Å²) >= 11 is 5.24. The standard InChI is InChI=1S/C16H16FN5O2S/c1-10-14(9-20(2)19-10)24-21(3)15(23)13-8-18-16(25)22(13)12-6-4-11(17)5-7-12/h4-9H,1-3H3,(H,18,25). The molecule has 0 atom stereocenters. The second kappa shape index (κ2) is 6.52. The van der Waals surface area contributed by atoms with Gasteiger partial charge in [-0.15, -0.1) is 0 Å². The van der Waals surface area contributed by atoms with Crippen LogP contribution in [-0.2, 0) is 7.05 Å². The lowest BCUT2D eigenvalue weighted by Gasteiger charge is -2.17. The SMILES string of the molecule is Cc1nn(C)cc1ON(C)C(=O)c1c[nH]c(=S)n1-c1ccc(F)cc1. The maximum Gasteiger partial charge on any atom is 0.304 e. The van der Waals surface area contributed by atoms with Crippen LogP contribution < -0.4 is 4.84 Å².